The lowest BCUT2D eigenvalue weighted by Gasteiger charge is -2.13. The van der Waals surface area contributed by atoms with E-state index in [1.807, 2.05) is 36.4 Å². The first-order valence-electron chi connectivity index (χ1n) is 7.14. The first kappa shape index (κ1) is 15.1. The summed E-state index contributed by atoms with van der Waals surface area (Å²) in [7, 11) is 0. The summed E-state index contributed by atoms with van der Waals surface area (Å²) >= 11 is 0. The van der Waals surface area contributed by atoms with E-state index in [2.05, 4.69) is 36.5 Å². The van der Waals surface area contributed by atoms with Gasteiger partial charge >= 0.3 is 0 Å². The maximum Gasteiger partial charge on any atom is 0.174 e. The molecule has 3 heteroatoms. The summed E-state index contributed by atoms with van der Waals surface area (Å²) in [4.78, 5) is 0. The van der Waals surface area contributed by atoms with Gasteiger partial charge in [0.2, 0.25) is 0 Å². The molecule has 0 saturated heterocycles. The van der Waals surface area contributed by atoms with Gasteiger partial charge in [0, 0.05) is 13.1 Å². The predicted molar refractivity (Wildman–Crippen MR) is 84.1 cm³/mol. The van der Waals surface area contributed by atoms with Gasteiger partial charge in [-0.15, -0.1) is 0 Å². The van der Waals surface area contributed by atoms with Crippen molar-refractivity contribution in [3.63, 3.8) is 0 Å². The molecule has 0 spiro atoms. The molecule has 108 valence electrons. The molecular formula is C18H20N2O. The highest BCUT2D eigenvalue weighted by atomic mass is 16.5. The average molecular weight is 280 g/mol. The van der Waals surface area contributed by atoms with Gasteiger partial charge in [-0.05, 0) is 29.2 Å². The lowest BCUT2D eigenvalue weighted by atomic mass is 10.0. The molecule has 0 amide bonds. The smallest absolute Gasteiger partial charge is 0.174 e. The Labute approximate surface area is 126 Å². The van der Waals surface area contributed by atoms with Crippen LogP contribution in [0.1, 0.15) is 24.0 Å². The minimum Gasteiger partial charge on any atom is -0.479 e. The van der Waals surface area contributed by atoms with Crippen molar-refractivity contribution >= 4 is 0 Å². The number of benzene rings is 2. The van der Waals surface area contributed by atoms with Crippen molar-refractivity contribution in [2.24, 2.45) is 0 Å². The topological polar surface area (TPSA) is 45.0 Å². The highest BCUT2D eigenvalue weighted by Crippen LogP contribution is 2.14. The Bertz CT molecular complexity index is 572. The van der Waals surface area contributed by atoms with Crippen molar-refractivity contribution in [2.75, 3.05) is 13.2 Å². The zero-order valence-electron chi connectivity index (χ0n) is 12.3. The van der Waals surface area contributed by atoms with Crippen LogP contribution in [-0.2, 0) is 6.54 Å². The highest BCUT2D eigenvalue weighted by Gasteiger charge is 2.04. The van der Waals surface area contributed by atoms with Crippen LogP contribution < -0.4 is 10.1 Å². The molecule has 0 aliphatic heterocycles. The fourth-order valence-electron chi connectivity index (χ4n) is 2.15. The molecule has 0 heterocycles. The van der Waals surface area contributed by atoms with E-state index < -0.39 is 0 Å². The van der Waals surface area contributed by atoms with Crippen LogP contribution >= 0.6 is 0 Å². The van der Waals surface area contributed by atoms with E-state index in [1.165, 1.54) is 11.1 Å². The first-order chi connectivity index (χ1) is 10.3. The maximum atomic E-state index is 8.46. The van der Waals surface area contributed by atoms with E-state index in [9.17, 15) is 0 Å². The van der Waals surface area contributed by atoms with E-state index in [1.54, 1.807) is 0 Å². The van der Waals surface area contributed by atoms with Gasteiger partial charge in [-0.2, -0.15) is 5.26 Å². The molecule has 0 aromatic heterocycles. The van der Waals surface area contributed by atoms with Crippen LogP contribution in [0.3, 0.4) is 0 Å². The minimum absolute atomic E-state index is 0.0895. The number of nitriles is 1. The van der Waals surface area contributed by atoms with Crippen molar-refractivity contribution in [3.8, 4) is 11.8 Å². The molecule has 0 saturated carbocycles. The van der Waals surface area contributed by atoms with Crippen molar-refractivity contribution in [3.05, 3.63) is 65.7 Å². The quantitative estimate of drug-likeness (QED) is 0.844. The Balaban J connectivity index is 1.77. The molecule has 3 nitrogen and oxygen atoms in total. The van der Waals surface area contributed by atoms with Gasteiger partial charge in [0.15, 0.2) is 6.61 Å². The fraction of sp³-hybridized carbons (Fsp3) is 0.278. The molecule has 1 atom stereocenters. The fourth-order valence-corrected chi connectivity index (χ4v) is 2.15. The first-order valence-corrected chi connectivity index (χ1v) is 7.14. The Morgan fingerprint density at radius 1 is 1.10 bits per heavy atom. The Morgan fingerprint density at radius 3 is 2.48 bits per heavy atom. The number of hydrogen-bond donors (Lipinski definition) is 1. The molecule has 0 bridgehead atoms. The third kappa shape index (κ3) is 4.94. The lowest BCUT2D eigenvalue weighted by Crippen LogP contribution is -2.19. The predicted octanol–water partition coefficient (Wildman–Crippen LogP) is 3.48. The Kier molecular flexibility index (Phi) is 5.81. The summed E-state index contributed by atoms with van der Waals surface area (Å²) in [6.07, 6.45) is 0. The Morgan fingerprint density at radius 2 is 1.81 bits per heavy atom. The SMILES string of the molecule is CC(CNCc1ccc(OCC#N)cc1)c1ccccc1. The monoisotopic (exact) mass is 280 g/mol. The Hall–Kier alpha value is -2.31. The summed E-state index contributed by atoms with van der Waals surface area (Å²) < 4.78 is 5.23. The van der Waals surface area contributed by atoms with Crippen molar-refractivity contribution in [2.45, 2.75) is 19.4 Å². The molecule has 1 N–H and O–H groups in total. The van der Waals surface area contributed by atoms with E-state index in [-0.39, 0.29) is 6.61 Å². The zero-order valence-corrected chi connectivity index (χ0v) is 12.3. The van der Waals surface area contributed by atoms with Crippen LogP contribution in [0, 0.1) is 11.3 Å². The number of rotatable bonds is 7. The molecule has 0 aliphatic rings. The van der Waals surface area contributed by atoms with Gasteiger partial charge in [-0.3, -0.25) is 0 Å². The van der Waals surface area contributed by atoms with Gasteiger partial charge in [0.05, 0.1) is 0 Å². The largest absolute Gasteiger partial charge is 0.479 e. The molecule has 2 aromatic carbocycles. The number of nitrogens with one attached hydrogen (secondary N) is 1. The molecule has 1 unspecified atom stereocenters. The molecule has 2 aromatic rings. The van der Waals surface area contributed by atoms with Gasteiger partial charge in [-0.25, -0.2) is 0 Å². The third-order valence-corrected chi connectivity index (χ3v) is 3.37. The van der Waals surface area contributed by atoms with E-state index >= 15 is 0 Å². The van der Waals surface area contributed by atoms with Gasteiger partial charge in [-0.1, -0.05) is 49.4 Å². The minimum atomic E-state index is 0.0895. The third-order valence-electron chi connectivity index (χ3n) is 3.37. The van der Waals surface area contributed by atoms with Gasteiger partial charge in [0.25, 0.3) is 0 Å². The number of ether oxygens (including phenoxy) is 1. The second-order valence-electron chi connectivity index (χ2n) is 5.03. The van der Waals surface area contributed by atoms with Crippen LogP contribution in [-0.4, -0.2) is 13.2 Å². The summed E-state index contributed by atoms with van der Waals surface area (Å²) in [6, 6.07) is 20.3. The van der Waals surface area contributed by atoms with Crippen molar-refractivity contribution in [1.82, 2.24) is 5.32 Å². The molecular weight excluding hydrogens is 260 g/mol. The van der Waals surface area contributed by atoms with E-state index in [0.29, 0.717) is 5.92 Å². The zero-order chi connectivity index (χ0) is 14.9. The van der Waals surface area contributed by atoms with E-state index in [4.69, 9.17) is 10.00 Å². The summed E-state index contributed by atoms with van der Waals surface area (Å²) in [5.74, 6) is 1.22. The highest BCUT2D eigenvalue weighted by molar-refractivity contribution is 5.27. The maximum absolute atomic E-state index is 8.46. The van der Waals surface area contributed by atoms with Crippen LogP contribution in [0.5, 0.6) is 5.75 Å². The normalized spacial score (nSPS) is 11.6. The molecule has 0 fully saturated rings. The van der Waals surface area contributed by atoms with Gasteiger partial charge in [0.1, 0.15) is 11.8 Å². The standard InChI is InChI=1S/C18H20N2O/c1-15(17-5-3-2-4-6-17)13-20-14-16-7-9-18(10-8-16)21-12-11-19/h2-10,15,20H,12-14H2,1H3. The second-order valence-corrected chi connectivity index (χ2v) is 5.03. The molecule has 21 heavy (non-hydrogen) atoms. The van der Waals surface area contributed by atoms with Crippen LogP contribution in [0.15, 0.2) is 54.6 Å². The van der Waals surface area contributed by atoms with Crippen LogP contribution in [0.2, 0.25) is 0 Å². The average Bonchev–Trinajstić information content (AvgIpc) is 2.55. The summed E-state index contributed by atoms with van der Waals surface area (Å²) in [6.45, 7) is 4.08. The van der Waals surface area contributed by atoms with Gasteiger partial charge < -0.3 is 10.1 Å². The van der Waals surface area contributed by atoms with E-state index in [0.717, 1.165) is 18.8 Å². The number of hydrogen-bond acceptors (Lipinski definition) is 3. The molecule has 0 aliphatic carbocycles. The number of nitrogens with zero attached hydrogens (tertiary/aromatic N) is 1. The molecule has 0 radical (unpaired) electrons. The van der Waals surface area contributed by atoms with Crippen LogP contribution in [0.4, 0.5) is 0 Å². The van der Waals surface area contributed by atoms with Crippen molar-refractivity contribution in [1.29, 1.82) is 5.26 Å². The second kappa shape index (κ2) is 8.08. The summed E-state index contributed by atoms with van der Waals surface area (Å²) in [5, 5.41) is 11.9. The molecule has 2 rings (SSSR count). The van der Waals surface area contributed by atoms with Crippen LogP contribution in [0.25, 0.3) is 0 Å². The lowest BCUT2D eigenvalue weighted by molar-refractivity contribution is 0.368. The van der Waals surface area contributed by atoms with Crippen molar-refractivity contribution < 1.29 is 4.74 Å². The summed E-state index contributed by atoms with van der Waals surface area (Å²) in [5.41, 5.74) is 2.56.